The van der Waals surface area contributed by atoms with Gasteiger partial charge < -0.3 is 30.3 Å². The molecule has 0 radical (unpaired) electrons. The summed E-state index contributed by atoms with van der Waals surface area (Å²) in [5, 5.41) is 9.45. The number of esters is 1. The zero-order valence-electron chi connectivity index (χ0n) is 26.1. The van der Waals surface area contributed by atoms with Gasteiger partial charge in [0, 0.05) is 44.9 Å². The lowest BCUT2D eigenvalue weighted by atomic mass is 10.0. The molecule has 240 valence electrons. The molecule has 2 aromatic rings. The molecule has 3 N–H and O–H groups in total. The lowest BCUT2D eigenvalue weighted by molar-refractivity contribution is -0.141. The van der Waals surface area contributed by atoms with Gasteiger partial charge in [-0.3, -0.25) is 19.2 Å². The van der Waals surface area contributed by atoms with Crippen LogP contribution in [0.5, 0.6) is 5.75 Å². The summed E-state index contributed by atoms with van der Waals surface area (Å²) in [5.74, 6) is -0.228. The Hall–Kier alpha value is -3.92. The lowest BCUT2D eigenvalue weighted by Crippen LogP contribution is -2.51. The number of rotatable bonds is 18. The van der Waals surface area contributed by atoms with Crippen molar-refractivity contribution in [2.75, 3.05) is 33.9 Å². The van der Waals surface area contributed by atoms with Crippen molar-refractivity contribution in [2.45, 2.75) is 82.8 Å². The minimum absolute atomic E-state index is 0.00465. The monoisotopic (exact) mass is 608 g/mol. The summed E-state index contributed by atoms with van der Waals surface area (Å²) in [6.45, 7) is 2.79. The van der Waals surface area contributed by atoms with Gasteiger partial charge in [0.25, 0.3) is 0 Å². The van der Waals surface area contributed by atoms with E-state index in [2.05, 4.69) is 20.7 Å². The van der Waals surface area contributed by atoms with Gasteiger partial charge in [0.15, 0.2) is 0 Å². The van der Waals surface area contributed by atoms with Crippen molar-refractivity contribution in [1.29, 1.82) is 0 Å². The van der Waals surface area contributed by atoms with Crippen LogP contribution in [-0.4, -0.2) is 74.5 Å². The van der Waals surface area contributed by atoms with Crippen molar-refractivity contribution in [2.24, 2.45) is 0 Å². The highest BCUT2D eigenvalue weighted by atomic mass is 16.5. The van der Waals surface area contributed by atoms with Crippen LogP contribution in [0.4, 0.5) is 0 Å². The predicted octanol–water partition coefficient (Wildman–Crippen LogP) is 3.52. The molecule has 0 unspecified atom stereocenters. The van der Waals surface area contributed by atoms with E-state index in [0.717, 1.165) is 49.2 Å². The number of amides is 3. The second-order valence-electron chi connectivity index (χ2n) is 11.2. The Morgan fingerprint density at radius 1 is 0.841 bits per heavy atom. The Kier molecular flexibility index (Phi) is 15.2. The molecule has 1 saturated heterocycles. The minimum atomic E-state index is -0.864. The second-order valence-corrected chi connectivity index (χ2v) is 11.2. The summed E-state index contributed by atoms with van der Waals surface area (Å²) >= 11 is 0. The molecule has 2 aromatic carbocycles. The molecule has 3 amide bonds. The van der Waals surface area contributed by atoms with E-state index in [1.807, 2.05) is 59.5 Å². The number of hydrogen-bond acceptors (Lipinski definition) is 7. The molecule has 1 fully saturated rings. The first-order valence-electron chi connectivity index (χ1n) is 15.7. The second kappa shape index (κ2) is 19.4. The zero-order valence-corrected chi connectivity index (χ0v) is 26.1. The van der Waals surface area contributed by atoms with Crippen molar-refractivity contribution in [1.82, 2.24) is 20.9 Å². The van der Waals surface area contributed by atoms with Gasteiger partial charge >= 0.3 is 5.97 Å². The highest BCUT2D eigenvalue weighted by molar-refractivity contribution is 5.88. The van der Waals surface area contributed by atoms with Crippen LogP contribution in [0.3, 0.4) is 0 Å². The van der Waals surface area contributed by atoms with Crippen LogP contribution in [0, 0.1) is 0 Å². The zero-order chi connectivity index (χ0) is 31.6. The molecule has 0 bridgehead atoms. The number of nitrogens with one attached hydrogen (secondary N) is 3. The van der Waals surface area contributed by atoms with Gasteiger partial charge in [-0.1, -0.05) is 42.5 Å². The van der Waals surface area contributed by atoms with E-state index in [4.69, 9.17) is 4.74 Å². The first-order chi connectivity index (χ1) is 21.4. The number of methoxy groups -OCH3 is 2. The number of carbonyl (C=O) groups is 4. The fourth-order valence-electron chi connectivity index (χ4n) is 5.32. The molecule has 0 aliphatic carbocycles. The molecule has 44 heavy (non-hydrogen) atoms. The normalized spacial score (nSPS) is 14.3. The third-order valence-electron chi connectivity index (χ3n) is 7.82. The van der Waals surface area contributed by atoms with Crippen molar-refractivity contribution in [3.05, 3.63) is 65.7 Å². The van der Waals surface area contributed by atoms with Gasteiger partial charge in [-0.2, -0.15) is 0 Å². The molecule has 3 rings (SSSR count). The Morgan fingerprint density at radius 3 is 2.32 bits per heavy atom. The van der Waals surface area contributed by atoms with E-state index >= 15 is 0 Å². The van der Waals surface area contributed by atoms with Gasteiger partial charge in [0.2, 0.25) is 17.7 Å². The van der Waals surface area contributed by atoms with Gasteiger partial charge in [-0.25, -0.2) is 0 Å². The van der Waals surface area contributed by atoms with E-state index in [1.165, 1.54) is 7.11 Å². The molecule has 0 spiro atoms. The molecule has 1 aliphatic rings. The van der Waals surface area contributed by atoms with Crippen LogP contribution in [0.15, 0.2) is 54.6 Å². The molecule has 2 atom stereocenters. The maximum Gasteiger partial charge on any atom is 0.305 e. The van der Waals surface area contributed by atoms with E-state index in [-0.39, 0.29) is 55.4 Å². The molecular weight excluding hydrogens is 560 g/mol. The van der Waals surface area contributed by atoms with Crippen molar-refractivity contribution >= 4 is 23.7 Å². The van der Waals surface area contributed by atoms with Crippen molar-refractivity contribution < 1.29 is 28.7 Å². The Balaban J connectivity index is 1.63. The molecule has 0 saturated carbocycles. The number of ether oxygens (including phenoxy) is 2. The number of likely N-dealkylation sites (tertiary alicyclic amines) is 1. The number of benzene rings is 2. The first kappa shape index (κ1) is 34.6. The molecule has 0 aromatic heterocycles. The summed E-state index contributed by atoms with van der Waals surface area (Å²) in [4.78, 5) is 52.7. The highest BCUT2D eigenvalue weighted by Gasteiger charge is 2.26. The van der Waals surface area contributed by atoms with Crippen LogP contribution in [0.2, 0.25) is 0 Å². The summed E-state index contributed by atoms with van der Waals surface area (Å²) in [5.41, 5.74) is 2.19. The van der Waals surface area contributed by atoms with E-state index < -0.39 is 6.04 Å². The molecule has 10 heteroatoms. The average Bonchev–Trinajstić information content (AvgIpc) is 3.05. The lowest BCUT2D eigenvalue weighted by Gasteiger charge is -2.28. The predicted molar refractivity (Wildman–Crippen MR) is 169 cm³/mol. The van der Waals surface area contributed by atoms with Crippen LogP contribution in [0.1, 0.15) is 68.9 Å². The van der Waals surface area contributed by atoms with Crippen molar-refractivity contribution in [3.63, 3.8) is 0 Å². The number of carbonyl (C=O) groups excluding carboxylic acids is 4. The Bertz CT molecular complexity index is 1190. The standard InChI is InChI=1S/C34H48N4O6/c1-43-29-14-9-13-27(24-29)25-35-20-19-28(23-26-11-5-3-6-12-26)36-34(42)30(37-31(39)15-10-16-33(41)44-2)17-18-32(40)38-21-7-4-8-22-38/h3,5-6,9,11-14,24,28,30,35H,4,7-8,10,15-23,25H2,1-2H3,(H,36,42)(H,37,39)/t28-,30-/m1/s1. The fourth-order valence-corrected chi connectivity index (χ4v) is 5.32. The van der Waals surface area contributed by atoms with Gasteiger partial charge in [0.05, 0.1) is 14.2 Å². The number of piperidine rings is 1. The highest BCUT2D eigenvalue weighted by Crippen LogP contribution is 2.14. The fraction of sp³-hybridized carbons (Fsp3) is 0.529. The molecule has 1 aliphatic heterocycles. The van der Waals surface area contributed by atoms with Crippen LogP contribution < -0.4 is 20.7 Å². The maximum absolute atomic E-state index is 13.7. The van der Waals surface area contributed by atoms with Gasteiger partial charge in [-0.05, 0) is 74.8 Å². The van der Waals surface area contributed by atoms with Crippen LogP contribution >= 0.6 is 0 Å². The largest absolute Gasteiger partial charge is 0.497 e. The average molecular weight is 609 g/mol. The maximum atomic E-state index is 13.7. The van der Waals surface area contributed by atoms with Gasteiger partial charge in [0.1, 0.15) is 11.8 Å². The first-order valence-corrected chi connectivity index (χ1v) is 15.7. The summed E-state index contributed by atoms with van der Waals surface area (Å²) in [7, 11) is 2.95. The number of nitrogens with zero attached hydrogens (tertiary/aromatic N) is 1. The summed E-state index contributed by atoms with van der Waals surface area (Å²) in [6.07, 6.45) is 5.28. The van der Waals surface area contributed by atoms with Crippen LogP contribution in [-0.2, 0) is 36.9 Å². The third kappa shape index (κ3) is 12.8. The smallest absolute Gasteiger partial charge is 0.305 e. The molecule has 10 nitrogen and oxygen atoms in total. The Morgan fingerprint density at radius 2 is 1.59 bits per heavy atom. The topological polar surface area (TPSA) is 126 Å². The minimum Gasteiger partial charge on any atom is -0.497 e. The third-order valence-corrected chi connectivity index (χ3v) is 7.82. The van der Waals surface area contributed by atoms with E-state index in [9.17, 15) is 19.2 Å². The molecular formula is C34H48N4O6. The summed E-state index contributed by atoms with van der Waals surface area (Å²) in [6, 6.07) is 16.8. The summed E-state index contributed by atoms with van der Waals surface area (Å²) < 4.78 is 9.97. The Labute approximate surface area is 261 Å². The van der Waals surface area contributed by atoms with Crippen molar-refractivity contribution in [3.8, 4) is 5.75 Å². The van der Waals surface area contributed by atoms with E-state index in [0.29, 0.717) is 32.4 Å². The van der Waals surface area contributed by atoms with E-state index in [1.54, 1.807) is 7.11 Å². The van der Waals surface area contributed by atoms with Crippen LogP contribution in [0.25, 0.3) is 0 Å². The number of hydrogen-bond donors (Lipinski definition) is 3. The molecule has 1 heterocycles. The quantitative estimate of drug-likeness (QED) is 0.175. The SMILES string of the molecule is COC(=O)CCCC(=O)N[C@H](CCC(=O)N1CCCCC1)C(=O)N[C@H](CCNCc1cccc(OC)c1)Cc1ccccc1. The van der Waals surface area contributed by atoms with Gasteiger partial charge in [-0.15, -0.1) is 0 Å².